The standard InChI is InChI=1S/C12H16ClN/c1-9-8-10(13)5-6-11(9)12-4-2-3-7-14-12/h5-6,8,12,14H,2-4,7H2,1H3/t12-/m1/s1. The fourth-order valence-corrected chi connectivity index (χ4v) is 2.37. The van der Waals surface area contributed by atoms with Gasteiger partial charge < -0.3 is 5.32 Å². The first kappa shape index (κ1) is 10.0. The van der Waals surface area contributed by atoms with Gasteiger partial charge in [-0.25, -0.2) is 0 Å². The average molecular weight is 210 g/mol. The Bertz CT molecular complexity index is 316. The molecule has 0 amide bonds. The highest BCUT2D eigenvalue weighted by molar-refractivity contribution is 6.30. The molecule has 1 aliphatic heterocycles. The van der Waals surface area contributed by atoms with Gasteiger partial charge in [0, 0.05) is 11.1 Å². The molecule has 1 aromatic rings. The number of rotatable bonds is 1. The number of benzene rings is 1. The minimum Gasteiger partial charge on any atom is -0.310 e. The van der Waals surface area contributed by atoms with E-state index in [2.05, 4.69) is 18.3 Å². The van der Waals surface area contributed by atoms with Gasteiger partial charge in [-0.2, -0.15) is 0 Å². The normalized spacial score (nSPS) is 22.3. The van der Waals surface area contributed by atoms with Crippen LogP contribution in [0.2, 0.25) is 5.02 Å². The van der Waals surface area contributed by atoms with Crippen LogP contribution in [0, 0.1) is 6.92 Å². The molecule has 1 fully saturated rings. The van der Waals surface area contributed by atoms with Crippen LogP contribution in [0.25, 0.3) is 0 Å². The van der Waals surface area contributed by atoms with Crippen LogP contribution in [0.15, 0.2) is 18.2 Å². The summed E-state index contributed by atoms with van der Waals surface area (Å²) in [6.07, 6.45) is 3.89. The zero-order valence-electron chi connectivity index (χ0n) is 8.52. The van der Waals surface area contributed by atoms with Crippen molar-refractivity contribution in [3.63, 3.8) is 0 Å². The Kier molecular flexibility index (Phi) is 3.09. The van der Waals surface area contributed by atoms with Crippen LogP contribution in [-0.2, 0) is 0 Å². The van der Waals surface area contributed by atoms with E-state index in [9.17, 15) is 0 Å². The van der Waals surface area contributed by atoms with Crippen molar-refractivity contribution in [1.29, 1.82) is 0 Å². The predicted octanol–water partition coefficient (Wildman–Crippen LogP) is 3.46. The second-order valence-electron chi connectivity index (χ2n) is 4.00. The fourth-order valence-electron chi connectivity index (χ4n) is 2.15. The van der Waals surface area contributed by atoms with Gasteiger partial charge in [-0.15, -0.1) is 0 Å². The molecular weight excluding hydrogens is 194 g/mol. The molecule has 14 heavy (non-hydrogen) atoms. The molecule has 2 heteroatoms. The van der Waals surface area contributed by atoms with Crippen molar-refractivity contribution in [1.82, 2.24) is 5.32 Å². The molecule has 1 nitrogen and oxygen atoms in total. The van der Waals surface area contributed by atoms with E-state index in [1.807, 2.05) is 12.1 Å². The Balaban J connectivity index is 2.22. The first-order valence-electron chi connectivity index (χ1n) is 5.27. The fraction of sp³-hybridized carbons (Fsp3) is 0.500. The summed E-state index contributed by atoms with van der Waals surface area (Å²) in [5, 5.41) is 4.39. The molecule has 2 rings (SSSR count). The lowest BCUT2D eigenvalue weighted by atomic mass is 9.94. The molecule has 0 unspecified atom stereocenters. The van der Waals surface area contributed by atoms with Gasteiger partial charge in [-0.1, -0.05) is 24.1 Å². The van der Waals surface area contributed by atoms with E-state index in [-0.39, 0.29) is 0 Å². The van der Waals surface area contributed by atoms with Gasteiger partial charge in [0.2, 0.25) is 0 Å². The zero-order chi connectivity index (χ0) is 9.97. The SMILES string of the molecule is Cc1cc(Cl)ccc1[C@H]1CCCCN1. The third-order valence-corrected chi connectivity index (χ3v) is 3.15. The Hall–Kier alpha value is -0.530. The van der Waals surface area contributed by atoms with Crippen LogP contribution in [0.4, 0.5) is 0 Å². The molecular formula is C12H16ClN. The molecule has 0 spiro atoms. The smallest absolute Gasteiger partial charge is 0.0408 e. The van der Waals surface area contributed by atoms with E-state index >= 15 is 0 Å². The second kappa shape index (κ2) is 4.33. The molecule has 0 radical (unpaired) electrons. The summed E-state index contributed by atoms with van der Waals surface area (Å²) in [7, 11) is 0. The van der Waals surface area contributed by atoms with Gasteiger partial charge >= 0.3 is 0 Å². The van der Waals surface area contributed by atoms with E-state index in [1.165, 1.54) is 30.4 Å². The summed E-state index contributed by atoms with van der Waals surface area (Å²) in [6, 6.07) is 6.73. The van der Waals surface area contributed by atoms with Crippen molar-refractivity contribution >= 4 is 11.6 Å². The second-order valence-corrected chi connectivity index (χ2v) is 4.44. The summed E-state index contributed by atoms with van der Waals surface area (Å²) in [4.78, 5) is 0. The lowest BCUT2D eigenvalue weighted by molar-refractivity contribution is 0.411. The monoisotopic (exact) mass is 209 g/mol. The number of hydrogen-bond acceptors (Lipinski definition) is 1. The first-order chi connectivity index (χ1) is 6.77. The third-order valence-electron chi connectivity index (χ3n) is 2.92. The van der Waals surface area contributed by atoms with E-state index in [1.54, 1.807) is 0 Å². The van der Waals surface area contributed by atoms with E-state index in [0.29, 0.717) is 6.04 Å². The van der Waals surface area contributed by atoms with Gasteiger partial charge in [-0.3, -0.25) is 0 Å². The molecule has 1 heterocycles. The maximum atomic E-state index is 5.94. The minimum atomic E-state index is 0.543. The molecule has 0 aliphatic carbocycles. The van der Waals surface area contributed by atoms with Gasteiger partial charge in [0.1, 0.15) is 0 Å². The number of halogens is 1. The Labute approximate surface area is 90.5 Å². The van der Waals surface area contributed by atoms with Crippen LogP contribution in [0.5, 0.6) is 0 Å². The topological polar surface area (TPSA) is 12.0 Å². The van der Waals surface area contributed by atoms with Crippen LogP contribution in [-0.4, -0.2) is 6.54 Å². The zero-order valence-corrected chi connectivity index (χ0v) is 9.27. The van der Waals surface area contributed by atoms with Crippen LogP contribution < -0.4 is 5.32 Å². The van der Waals surface area contributed by atoms with Crippen molar-refractivity contribution in [2.45, 2.75) is 32.2 Å². The molecule has 1 saturated heterocycles. The molecule has 1 N–H and O–H groups in total. The first-order valence-corrected chi connectivity index (χ1v) is 5.64. The maximum Gasteiger partial charge on any atom is 0.0408 e. The number of nitrogens with one attached hydrogen (secondary N) is 1. The lowest BCUT2D eigenvalue weighted by Crippen LogP contribution is -2.27. The highest BCUT2D eigenvalue weighted by Crippen LogP contribution is 2.27. The van der Waals surface area contributed by atoms with Crippen LogP contribution in [0.3, 0.4) is 0 Å². The summed E-state index contributed by atoms with van der Waals surface area (Å²) in [5.74, 6) is 0. The summed E-state index contributed by atoms with van der Waals surface area (Å²) in [5.41, 5.74) is 2.71. The van der Waals surface area contributed by atoms with Gasteiger partial charge in [0.05, 0.1) is 0 Å². The van der Waals surface area contributed by atoms with Crippen molar-refractivity contribution < 1.29 is 0 Å². The van der Waals surface area contributed by atoms with Gasteiger partial charge in [-0.05, 0) is 49.6 Å². The Morgan fingerprint density at radius 2 is 2.21 bits per heavy atom. The quantitative estimate of drug-likeness (QED) is 0.747. The molecule has 76 valence electrons. The number of aryl methyl sites for hydroxylation is 1. The average Bonchev–Trinajstić information content (AvgIpc) is 2.19. The highest BCUT2D eigenvalue weighted by Gasteiger charge is 2.15. The number of piperidine rings is 1. The highest BCUT2D eigenvalue weighted by atomic mass is 35.5. The van der Waals surface area contributed by atoms with Gasteiger partial charge in [0.25, 0.3) is 0 Å². The molecule has 0 bridgehead atoms. The molecule has 0 saturated carbocycles. The Morgan fingerprint density at radius 1 is 1.36 bits per heavy atom. The van der Waals surface area contributed by atoms with Crippen LogP contribution in [0.1, 0.15) is 36.4 Å². The molecule has 0 aromatic heterocycles. The van der Waals surface area contributed by atoms with Crippen molar-refractivity contribution in [3.8, 4) is 0 Å². The van der Waals surface area contributed by atoms with E-state index < -0.39 is 0 Å². The minimum absolute atomic E-state index is 0.543. The van der Waals surface area contributed by atoms with Crippen molar-refractivity contribution in [2.24, 2.45) is 0 Å². The third kappa shape index (κ3) is 2.10. The van der Waals surface area contributed by atoms with E-state index in [0.717, 1.165) is 11.6 Å². The lowest BCUT2D eigenvalue weighted by Gasteiger charge is -2.25. The van der Waals surface area contributed by atoms with Gasteiger partial charge in [0.15, 0.2) is 0 Å². The Morgan fingerprint density at radius 3 is 2.86 bits per heavy atom. The van der Waals surface area contributed by atoms with Crippen molar-refractivity contribution in [2.75, 3.05) is 6.54 Å². The van der Waals surface area contributed by atoms with Crippen LogP contribution >= 0.6 is 11.6 Å². The maximum absolute atomic E-state index is 5.94. The molecule has 1 aliphatic rings. The predicted molar refractivity (Wildman–Crippen MR) is 60.8 cm³/mol. The summed E-state index contributed by atoms with van der Waals surface area (Å²) in [6.45, 7) is 3.28. The largest absolute Gasteiger partial charge is 0.310 e. The number of hydrogen-bond donors (Lipinski definition) is 1. The molecule has 1 atom stereocenters. The summed E-state index contributed by atoms with van der Waals surface area (Å²) < 4.78 is 0. The summed E-state index contributed by atoms with van der Waals surface area (Å²) >= 11 is 5.94. The van der Waals surface area contributed by atoms with Crippen molar-refractivity contribution in [3.05, 3.63) is 34.3 Å². The van der Waals surface area contributed by atoms with E-state index in [4.69, 9.17) is 11.6 Å². The molecule has 1 aromatic carbocycles.